The van der Waals surface area contributed by atoms with Crippen LogP contribution in [0.4, 0.5) is 0 Å². The largest absolute Gasteiger partial charge is 0.497 e. The molecule has 4 rings (SSSR count). The van der Waals surface area contributed by atoms with Crippen LogP contribution in [-0.4, -0.2) is 43.2 Å². The molecule has 3 aromatic rings. The lowest BCUT2D eigenvalue weighted by molar-refractivity contribution is -0.0235. The van der Waals surface area contributed by atoms with Gasteiger partial charge < -0.3 is 14.4 Å². The van der Waals surface area contributed by atoms with Crippen molar-refractivity contribution in [3.63, 3.8) is 0 Å². The minimum Gasteiger partial charge on any atom is -0.497 e. The van der Waals surface area contributed by atoms with Crippen LogP contribution < -0.4 is 4.74 Å². The summed E-state index contributed by atoms with van der Waals surface area (Å²) in [5.41, 5.74) is 2.13. The molecule has 1 aliphatic rings. The molecule has 1 atom stereocenters. The zero-order valence-corrected chi connectivity index (χ0v) is 16.0. The van der Waals surface area contributed by atoms with Crippen molar-refractivity contribution >= 4 is 21.6 Å². The molecule has 5 heteroatoms. The number of rotatable bonds is 5. The van der Waals surface area contributed by atoms with Crippen molar-refractivity contribution in [1.82, 2.24) is 9.88 Å². The summed E-state index contributed by atoms with van der Waals surface area (Å²) in [6, 6.07) is 16.4. The molecule has 136 valence electrons. The maximum atomic E-state index is 6.61. The molecule has 0 bridgehead atoms. The average Bonchev–Trinajstić information content (AvgIpc) is 3.11. The van der Waals surface area contributed by atoms with Gasteiger partial charge in [0, 0.05) is 13.1 Å². The Kier molecular flexibility index (Phi) is 5.20. The molecule has 0 aliphatic carbocycles. The zero-order valence-electron chi connectivity index (χ0n) is 15.2. The van der Waals surface area contributed by atoms with Crippen LogP contribution in [0.2, 0.25) is 0 Å². The first-order valence-electron chi connectivity index (χ1n) is 9.06. The van der Waals surface area contributed by atoms with Gasteiger partial charge >= 0.3 is 0 Å². The van der Waals surface area contributed by atoms with Gasteiger partial charge in [0.25, 0.3) is 0 Å². The number of piperidine rings is 1. The first-order valence-corrected chi connectivity index (χ1v) is 9.88. The number of ether oxygens (including phenoxy) is 2. The van der Waals surface area contributed by atoms with Crippen molar-refractivity contribution in [2.45, 2.75) is 25.0 Å². The highest BCUT2D eigenvalue weighted by atomic mass is 32.1. The normalized spacial score (nSPS) is 17.5. The van der Waals surface area contributed by atoms with Crippen molar-refractivity contribution in [2.24, 2.45) is 0 Å². The fourth-order valence-corrected chi connectivity index (χ4v) is 4.43. The molecular weight excluding hydrogens is 344 g/mol. The SMILES string of the molecule is COc1cccc(C(OC2CCN(C)CC2)c2nc3ccccc3s2)c1. The Hall–Kier alpha value is -1.95. The molecule has 0 saturated carbocycles. The fourth-order valence-electron chi connectivity index (χ4n) is 3.40. The Labute approximate surface area is 158 Å². The van der Waals surface area contributed by atoms with Crippen LogP contribution in [0.15, 0.2) is 48.5 Å². The fraction of sp³-hybridized carbons (Fsp3) is 0.381. The van der Waals surface area contributed by atoms with E-state index in [0.717, 1.165) is 47.8 Å². The summed E-state index contributed by atoms with van der Waals surface area (Å²) in [7, 11) is 3.87. The highest BCUT2D eigenvalue weighted by Gasteiger charge is 2.26. The van der Waals surface area contributed by atoms with Gasteiger partial charge in [-0.25, -0.2) is 4.98 Å². The third-order valence-corrected chi connectivity index (χ3v) is 6.01. The topological polar surface area (TPSA) is 34.6 Å². The Balaban J connectivity index is 1.68. The summed E-state index contributed by atoms with van der Waals surface area (Å²) < 4.78 is 13.2. The predicted molar refractivity (Wildman–Crippen MR) is 106 cm³/mol. The van der Waals surface area contributed by atoms with Gasteiger partial charge in [0.05, 0.1) is 23.4 Å². The van der Waals surface area contributed by atoms with E-state index in [-0.39, 0.29) is 12.2 Å². The monoisotopic (exact) mass is 368 g/mol. The van der Waals surface area contributed by atoms with E-state index < -0.39 is 0 Å². The van der Waals surface area contributed by atoms with Crippen molar-refractivity contribution in [3.8, 4) is 5.75 Å². The van der Waals surface area contributed by atoms with Gasteiger partial charge in [-0.1, -0.05) is 24.3 Å². The second-order valence-electron chi connectivity index (χ2n) is 6.82. The minimum atomic E-state index is -0.157. The van der Waals surface area contributed by atoms with E-state index in [2.05, 4.69) is 42.3 Å². The summed E-state index contributed by atoms with van der Waals surface area (Å²) in [6.07, 6.45) is 2.22. The van der Waals surface area contributed by atoms with Crippen molar-refractivity contribution in [2.75, 3.05) is 27.2 Å². The molecule has 26 heavy (non-hydrogen) atoms. The van der Waals surface area contributed by atoms with Gasteiger partial charge in [0.15, 0.2) is 0 Å². The van der Waals surface area contributed by atoms with Crippen LogP contribution in [0.25, 0.3) is 10.2 Å². The van der Waals surface area contributed by atoms with Gasteiger partial charge in [-0.15, -0.1) is 11.3 Å². The number of fused-ring (bicyclic) bond motifs is 1. The lowest BCUT2D eigenvalue weighted by Gasteiger charge is -2.31. The predicted octanol–water partition coefficient (Wildman–Crippen LogP) is 4.51. The molecule has 1 aliphatic heterocycles. The lowest BCUT2D eigenvalue weighted by atomic mass is 10.1. The standard InChI is InChI=1S/C21H24N2O2S/c1-23-12-10-16(11-13-23)25-20(15-6-5-7-17(14-15)24-2)21-22-18-8-3-4-9-19(18)26-21/h3-9,14,16,20H,10-13H2,1-2H3. The van der Waals surface area contributed by atoms with Gasteiger partial charge in [0.1, 0.15) is 16.9 Å². The molecule has 0 amide bonds. The molecular formula is C21H24N2O2S. The number of thiazole rings is 1. The van der Waals surface area contributed by atoms with Gasteiger partial charge in [-0.3, -0.25) is 0 Å². The van der Waals surface area contributed by atoms with Crippen molar-refractivity contribution in [3.05, 3.63) is 59.1 Å². The quantitative estimate of drug-likeness (QED) is 0.664. The molecule has 1 unspecified atom stereocenters. The van der Waals surface area contributed by atoms with E-state index in [1.165, 1.54) is 4.70 Å². The molecule has 2 heterocycles. The number of likely N-dealkylation sites (tertiary alicyclic amines) is 1. The molecule has 4 nitrogen and oxygen atoms in total. The highest BCUT2D eigenvalue weighted by Crippen LogP contribution is 2.35. The molecule has 1 saturated heterocycles. The second kappa shape index (κ2) is 7.74. The number of methoxy groups -OCH3 is 1. The van der Waals surface area contributed by atoms with Crippen LogP contribution in [-0.2, 0) is 4.74 Å². The summed E-state index contributed by atoms with van der Waals surface area (Å²) in [6.45, 7) is 2.16. The maximum Gasteiger partial charge on any atom is 0.135 e. The smallest absolute Gasteiger partial charge is 0.135 e. The zero-order chi connectivity index (χ0) is 17.9. The van der Waals surface area contributed by atoms with Crippen LogP contribution in [0.1, 0.15) is 29.5 Å². The number of hydrogen-bond acceptors (Lipinski definition) is 5. The van der Waals surface area contributed by atoms with Gasteiger partial charge in [-0.2, -0.15) is 0 Å². The average molecular weight is 369 g/mol. The van der Waals surface area contributed by atoms with Crippen LogP contribution in [0.5, 0.6) is 5.75 Å². The van der Waals surface area contributed by atoms with Gasteiger partial charge in [-0.05, 0) is 49.7 Å². The van der Waals surface area contributed by atoms with E-state index in [9.17, 15) is 0 Å². The van der Waals surface area contributed by atoms with E-state index in [1.807, 2.05) is 18.2 Å². The van der Waals surface area contributed by atoms with Crippen molar-refractivity contribution < 1.29 is 9.47 Å². The van der Waals surface area contributed by atoms with Crippen molar-refractivity contribution in [1.29, 1.82) is 0 Å². The first-order chi connectivity index (χ1) is 12.7. The number of nitrogens with zero attached hydrogens (tertiary/aromatic N) is 2. The Morgan fingerprint density at radius 1 is 1.12 bits per heavy atom. The summed E-state index contributed by atoms with van der Waals surface area (Å²) >= 11 is 1.72. The van der Waals surface area contributed by atoms with E-state index in [0.29, 0.717) is 0 Å². The third-order valence-electron chi connectivity index (χ3n) is 4.93. The molecule has 1 fully saturated rings. The Morgan fingerprint density at radius 2 is 1.92 bits per heavy atom. The molecule has 0 radical (unpaired) electrons. The maximum absolute atomic E-state index is 6.61. The third kappa shape index (κ3) is 3.75. The van der Waals surface area contributed by atoms with Crippen LogP contribution in [0.3, 0.4) is 0 Å². The lowest BCUT2D eigenvalue weighted by Crippen LogP contribution is -2.35. The molecule has 0 spiro atoms. The summed E-state index contributed by atoms with van der Waals surface area (Å²) in [5, 5.41) is 1.01. The number of para-hydroxylation sites is 1. The second-order valence-corrected chi connectivity index (χ2v) is 7.88. The first kappa shape index (κ1) is 17.5. The molecule has 1 aromatic heterocycles. The minimum absolute atomic E-state index is 0.157. The number of benzene rings is 2. The Bertz CT molecular complexity index is 838. The number of hydrogen-bond donors (Lipinski definition) is 0. The molecule has 0 N–H and O–H groups in total. The molecule has 2 aromatic carbocycles. The summed E-state index contributed by atoms with van der Waals surface area (Å²) in [4.78, 5) is 7.23. The highest BCUT2D eigenvalue weighted by molar-refractivity contribution is 7.18. The van der Waals surface area contributed by atoms with Crippen LogP contribution >= 0.6 is 11.3 Å². The van der Waals surface area contributed by atoms with E-state index >= 15 is 0 Å². The number of aromatic nitrogens is 1. The van der Waals surface area contributed by atoms with E-state index in [4.69, 9.17) is 14.5 Å². The van der Waals surface area contributed by atoms with Crippen LogP contribution in [0, 0.1) is 0 Å². The van der Waals surface area contributed by atoms with Gasteiger partial charge in [0.2, 0.25) is 0 Å². The van der Waals surface area contributed by atoms with E-state index in [1.54, 1.807) is 18.4 Å². The summed E-state index contributed by atoms with van der Waals surface area (Å²) in [5.74, 6) is 0.848. The Morgan fingerprint density at radius 3 is 2.69 bits per heavy atom.